The van der Waals surface area contributed by atoms with Crippen LogP contribution < -0.4 is 4.90 Å². The molecule has 2 atom stereocenters. The molecule has 4 heterocycles. The van der Waals surface area contributed by atoms with Gasteiger partial charge in [-0.05, 0) is 19.4 Å². The Bertz CT molecular complexity index is 1100. The average molecular weight is 412 g/mol. The van der Waals surface area contributed by atoms with E-state index in [4.69, 9.17) is 0 Å². The Kier molecular flexibility index (Phi) is 4.43. The molecule has 0 unspecified atom stereocenters. The summed E-state index contributed by atoms with van der Waals surface area (Å²) in [6.45, 7) is 4.04. The van der Waals surface area contributed by atoms with Crippen molar-refractivity contribution in [3.63, 3.8) is 0 Å². The first-order valence-corrected chi connectivity index (χ1v) is 12.0. The van der Waals surface area contributed by atoms with E-state index in [-0.39, 0.29) is 5.92 Å². The summed E-state index contributed by atoms with van der Waals surface area (Å²) in [6.07, 6.45) is 11.7. The molecule has 29 heavy (non-hydrogen) atoms. The fourth-order valence-corrected chi connectivity index (χ4v) is 5.73. The van der Waals surface area contributed by atoms with Gasteiger partial charge in [0.25, 0.3) is 0 Å². The fourth-order valence-electron chi connectivity index (χ4n) is 4.84. The van der Waals surface area contributed by atoms with Gasteiger partial charge in [-0.3, -0.25) is 4.98 Å². The summed E-state index contributed by atoms with van der Waals surface area (Å²) in [4.78, 5) is 16.1. The van der Waals surface area contributed by atoms with Gasteiger partial charge in [0, 0.05) is 67.4 Å². The number of nitrogens with zero attached hydrogens (tertiary/aromatic N) is 5. The van der Waals surface area contributed by atoms with E-state index in [0.29, 0.717) is 19.1 Å². The Labute approximate surface area is 171 Å². The lowest BCUT2D eigenvalue weighted by atomic mass is 9.92. The van der Waals surface area contributed by atoms with Gasteiger partial charge in [0.2, 0.25) is 10.0 Å². The lowest BCUT2D eigenvalue weighted by Crippen LogP contribution is -2.40. The molecule has 0 amide bonds. The summed E-state index contributed by atoms with van der Waals surface area (Å²) in [6, 6.07) is 2.42. The van der Waals surface area contributed by atoms with Gasteiger partial charge >= 0.3 is 0 Å². The van der Waals surface area contributed by atoms with Crippen LogP contribution in [0.25, 0.3) is 6.08 Å². The molecule has 2 aliphatic heterocycles. The molecule has 152 valence electrons. The molecule has 7 nitrogen and oxygen atoms in total. The minimum atomic E-state index is -3.17. The number of hydrogen-bond acceptors (Lipinski definition) is 6. The number of aromatic nitrogens is 3. The van der Waals surface area contributed by atoms with Crippen LogP contribution in [-0.2, 0) is 29.4 Å². The first-order chi connectivity index (χ1) is 13.9. The molecule has 2 aromatic heterocycles. The van der Waals surface area contributed by atoms with E-state index < -0.39 is 10.0 Å². The quantitative estimate of drug-likeness (QED) is 0.770. The summed E-state index contributed by atoms with van der Waals surface area (Å²) in [7, 11) is -3.17. The smallest absolute Gasteiger partial charge is 0.211 e. The second-order valence-corrected chi connectivity index (χ2v) is 10.3. The number of fused-ring (bicyclic) bond motifs is 2. The molecule has 1 fully saturated rings. The highest BCUT2D eigenvalue weighted by Crippen LogP contribution is 2.37. The van der Waals surface area contributed by atoms with Gasteiger partial charge in [0.15, 0.2) is 0 Å². The van der Waals surface area contributed by atoms with Gasteiger partial charge in [-0.25, -0.2) is 22.7 Å². The molecule has 3 aliphatic rings. The van der Waals surface area contributed by atoms with Crippen LogP contribution in [0.1, 0.15) is 47.5 Å². The highest BCUT2D eigenvalue weighted by Gasteiger charge is 2.35. The third-order valence-electron chi connectivity index (χ3n) is 6.38. The third-order valence-corrected chi connectivity index (χ3v) is 7.65. The molecule has 5 rings (SSSR count). The maximum absolute atomic E-state index is 12.0. The van der Waals surface area contributed by atoms with E-state index in [9.17, 15) is 8.42 Å². The molecule has 0 N–H and O–H groups in total. The number of pyridine rings is 1. The van der Waals surface area contributed by atoms with Crippen LogP contribution in [0.3, 0.4) is 0 Å². The summed E-state index contributed by atoms with van der Waals surface area (Å²) in [5, 5.41) is 0. The van der Waals surface area contributed by atoms with Gasteiger partial charge in [0.1, 0.15) is 6.33 Å². The highest BCUT2D eigenvalue weighted by molar-refractivity contribution is 7.88. The fraction of sp³-hybridized carbons (Fsp3) is 0.476. The van der Waals surface area contributed by atoms with Crippen LogP contribution in [0.4, 0.5) is 5.69 Å². The Morgan fingerprint density at radius 1 is 1.17 bits per heavy atom. The van der Waals surface area contributed by atoms with Crippen molar-refractivity contribution in [3.05, 3.63) is 52.9 Å². The van der Waals surface area contributed by atoms with Gasteiger partial charge in [-0.2, -0.15) is 0 Å². The monoisotopic (exact) mass is 411 g/mol. The SMILES string of the molecule is C[C@@H]1Cc2ncnc([C@@H]3CCN(S(C)(=O)=O)C3)c2CN1c1ccnc2c1C=CC2. The number of anilines is 1. The second-order valence-electron chi connectivity index (χ2n) is 8.27. The Balaban J connectivity index is 1.50. The minimum Gasteiger partial charge on any atom is -0.363 e. The Hall–Kier alpha value is -2.32. The van der Waals surface area contributed by atoms with Crippen LogP contribution in [0.5, 0.6) is 0 Å². The summed E-state index contributed by atoms with van der Waals surface area (Å²) in [5.74, 6) is 0.125. The molecule has 0 spiro atoms. The zero-order chi connectivity index (χ0) is 20.2. The van der Waals surface area contributed by atoms with Gasteiger partial charge in [-0.1, -0.05) is 12.2 Å². The average Bonchev–Trinajstić information content (AvgIpc) is 3.36. The van der Waals surface area contributed by atoms with Crippen molar-refractivity contribution in [1.82, 2.24) is 19.3 Å². The van der Waals surface area contributed by atoms with Crippen LogP contribution in [0.2, 0.25) is 0 Å². The van der Waals surface area contributed by atoms with E-state index in [0.717, 1.165) is 42.9 Å². The number of rotatable bonds is 3. The molecule has 0 bridgehead atoms. The molecule has 0 radical (unpaired) electrons. The molecule has 8 heteroatoms. The summed E-state index contributed by atoms with van der Waals surface area (Å²) in [5.41, 5.74) is 6.83. The van der Waals surface area contributed by atoms with Crippen molar-refractivity contribution in [3.8, 4) is 0 Å². The topological polar surface area (TPSA) is 79.3 Å². The molecule has 2 aromatic rings. The number of allylic oxidation sites excluding steroid dienone is 1. The highest BCUT2D eigenvalue weighted by atomic mass is 32.2. The Morgan fingerprint density at radius 3 is 2.83 bits per heavy atom. The Morgan fingerprint density at radius 2 is 2.03 bits per heavy atom. The zero-order valence-corrected chi connectivity index (χ0v) is 17.6. The predicted octanol–water partition coefficient (Wildman–Crippen LogP) is 2.14. The molecule has 1 saturated heterocycles. The van der Waals surface area contributed by atoms with E-state index in [1.54, 1.807) is 10.6 Å². The number of hydrogen-bond donors (Lipinski definition) is 0. The van der Waals surface area contributed by atoms with Crippen molar-refractivity contribution < 1.29 is 8.42 Å². The normalized spacial score (nSPS) is 24.0. The first-order valence-electron chi connectivity index (χ1n) is 10.1. The van der Waals surface area contributed by atoms with E-state index in [2.05, 4.69) is 45.0 Å². The van der Waals surface area contributed by atoms with E-state index in [1.165, 1.54) is 23.1 Å². The van der Waals surface area contributed by atoms with Gasteiger partial charge in [-0.15, -0.1) is 0 Å². The van der Waals surface area contributed by atoms with Crippen molar-refractivity contribution in [1.29, 1.82) is 0 Å². The van der Waals surface area contributed by atoms with Gasteiger partial charge in [0.05, 0.1) is 23.3 Å². The summed E-state index contributed by atoms with van der Waals surface area (Å²) >= 11 is 0. The maximum Gasteiger partial charge on any atom is 0.211 e. The van der Waals surface area contributed by atoms with E-state index in [1.807, 2.05) is 6.20 Å². The maximum atomic E-state index is 12.0. The third kappa shape index (κ3) is 3.24. The standard InChI is InChI=1S/C21H25N5O2S/c1-14-10-19-17(12-26(14)20-6-8-22-18-5-3-4-16(18)20)21(24-13-23-19)15-7-9-25(11-15)29(2,27)28/h3-4,6,8,13-15H,5,7,9-12H2,1-2H3/t14-,15-/m1/s1. The van der Waals surface area contributed by atoms with Crippen LogP contribution in [-0.4, -0.2) is 53.1 Å². The zero-order valence-electron chi connectivity index (χ0n) is 16.7. The van der Waals surface area contributed by atoms with Crippen molar-refractivity contribution in [2.75, 3.05) is 24.2 Å². The molecule has 0 saturated carbocycles. The minimum absolute atomic E-state index is 0.125. The van der Waals surface area contributed by atoms with Crippen LogP contribution in [0, 0.1) is 0 Å². The lowest BCUT2D eigenvalue weighted by Gasteiger charge is -2.38. The van der Waals surface area contributed by atoms with Crippen molar-refractivity contribution >= 4 is 21.8 Å². The summed E-state index contributed by atoms with van der Waals surface area (Å²) < 4.78 is 25.5. The van der Waals surface area contributed by atoms with Crippen molar-refractivity contribution in [2.45, 2.75) is 44.7 Å². The van der Waals surface area contributed by atoms with Gasteiger partial charge < -0.3 is 4.90 Å². The molecule has 0 aromatic carbocycles. The first kappa shape index (κ1) is 18.7. The second kappa shape index (κ2) is 6.88. The van der Waals surface area contributed by atoms with Crippen LogP contribution in [0.15, 0.2) is 24.7 Å². The molecule has 1 aliphatic carbocycles. The lowest BCUT2D eigenvalue weighted by molar-refractivity contribution is 0.476. The van der Waals surface area contributed by atoms with Crippen LogP contribution >= 0.6 is 0 Å². The van der Waals surface area contributed by atoms with Crippen molar-refractivity contribution in [2.24, 2.45) is 0 Å². The molecular weight excluding hydrogens is 386 g/mol. The predicted molar refractivity (Wildman–Crippen MR) is 112 cm³/mol. The van der Waals surface area contributed by atoms with E-state index >= 15 is 0 Å². The largest absolute Gasteiger partial charge is 0.363 e. The number of sulfonamides is 1. The molecular formula is C21H25N5O2S.